The molecule has 134 valence electrons. The third-order valence-corrected chi connectivity index (χ3v) is 4.67. The maximum absolute atomic E-state index is 11.9. The standard InChI is InChI=1S/C19H31N3O2/c1-15(2)18(23)8-11-20-19(24)21-17-9-12-22(13-10-17)14-16-6-4-3-5-7-16/h3-7,15,17-18,23H,8-14H2,1-2H3,(H2,20,21,24). The summed E-state index contributed by atoms with van der Waals surface area (Å²) >= 11 is 0. The summed E-state index contributed by atoms with van der Waals surface area (Å²) < 4.78 is 0. The van der Waals surface area contributed by atoms with E-state index in [4.69, 9.17) is 0 Å². The maximum atomic E-state index is 11.9. The Kier molecular flexibility index (Phi) is 7.53. The van der Waals surface area contributed by atoms with E-state index in [2.05, 4.69) is 39.8 Å². The Bertz CT molecular complexity index is 485. The average Bonchev–Trinajstić information content (AvgIpc) is 2.57. The zero-order valence-electron chi connectivity index (χ0n) is 14.9. The monoisotopic (exact) mass is 333 g/mol. The van der Waals surface area contributed by atoms with Crippen LogP contribution in [0.25, 0.3) is 0 Å². The van der Waals surface area contributed by atoms with Gasteiger partial charge in [0.2, 0.25) is 0 Å². The van der Waals surface area contributed by atoms with Gasteiger partial charge in [0, 0.05) is 32.2 Å². The van der Waals surface area contributed by atoms with Gasteiger partial charge in [0.05, 0.1) is 6.10 Å². The van der Waals surface area contributed by atoms with Crippen molar-refractivity contribution in [2.45, 2.75) is 51.8 Å². The zero-order chi connectivity index (χ0) is 17.4. The number of hydrogen-bond donors (Lipinski definition) is 3. The molecule has 5 nitrogen and oxygen atoms in total. The van der Waals surface area contributed by atoms with Gasteiger partial charge < -0.3 is 15.7 Å². The van der Waals surface area contributed by atoms with E-state index in [1.807, 2.05) is 19.9 Å². The molecule has 0 aromatic heterocycles. The lowest BCUT2D eigenvalue weighted by atomic mass is 10.0. The van der Waals surface area contributed by atoms with Crippen LogP contribution in [0, 0.1) is 5.92 Å². The van der Waals surface area contributed by atoms with Gasteiger partial charge in [0.15, 0.2) is 0 Å². The summed E-state index contributed by atoms with van der Waals surface area (Å²) in [5.74, 6) is 0.226. The molecule has 1 saturated heterocycles. The molecule has 5 heteroatoms. The highest BCUT2D eigenvalue weighted by atomic mass is 16.3. The van der Waals surface area contributed by atoms with E-state index in [1.54, 1.807) is 0 Å². The van der Waals surface area contributed by atoms with E-state index >= 15 is 0 Å². The fourth-order valence-corrected chi connectivity index (χ4v) is 2.98. The summed E-state index contributed by atoms with van der Waals surface area (Å²) in [6, 6.07) is 10.6. The Morgan fingerprint density at radius 3 is 2.54 bits per heavy atom. The third kappa shape index (κ3) is 6.49. The first-order valence-electron chi connectivity index (χ1n) is 9.03. The number of rotatable bonds is 7. The summed E-state index contributed by atoms with van der Waals surface area (Å²) in [6.07, 6.45) is 2.20. The van der Waals surface area contributed by atoms with E-state index in [0.29, 0.717) is 13.0 Å². The predicted molar refractivity (Wildman–Crippen MR) is 96.7 cm³/mol. The second kappa shape index (κ2) is 9.64. The first-order valence-corrected chi connectivity index (χ1v) is 9.03. The van der Waals surface area contributed by atoms with Crippen molar-refractivity contribution in [1.82, 2.24) is 15.5 Å². The van der Waals surface area contributed by atoms with Crippen LogP contribution in [-0.4, -0.2) is 47.8 Å². The van der Waals surface area contributed by atoms with Gasteiger partial charge in [-0.2, -0.15) is 0 Å². The van der Waals surface area contributed by atoms with Crippen LogP contribution >= 0.6 is 0 Å². The summed E-state index contributed by atoms with van der Waals surface area (Å²) in [4.78, 5) is 14.4. The number of piperidine rings is 1. The van der Waals surface area contributed by atoms with Gasteiger partial charge in [-0.3, -0.25) is 4.90 Å². The molecular formula is C19H31N3O2. The number of nitrogens with zero attached hydrogens (tertiary/aromatic N) is 1. The van der Waals surface area contributed by atoms with Gasteiger partial charge in [0.25, 0.3) is 0 Å². The minimum atomic E-state index is -0.355. The molecule has 2 amide bonds. The van der Waals surface area contributed by atoms with Crippen LogP contribution in [0.3, 0.4) is 0 Å². The highest BCUT2D eigenvalue weighted by Crippen LogP contribution is 2.13. The molecule has 1 atom stereocenters. The molecule has 1 aromatic carbocycles. The van der Waals surface area contributed by atoms with E-state index in [-0.39, 0.29) is 24.1 Å². The normalized spacial score (nSPS) is 17.7. The van der Waals surface area contributed by atoms with Crippen LogP contribution in [0.1, 0.15) is 38.7 Å². The van der Waals surface area contributed by atoms with Crippen molar-refractivity contribution in [3.63, 3.8) is 0 Å². The average molecular weight is 333 g/mol. The Morgan fingerprint density at radius 2 is 1.92 bits per heavy atom. The van der Waals surface area contributed by atoms with Crippen molar-refractivity contribution >= 4 is 6.03 Å². The van der Waals surface area contributed by atoms with Crippen LogP contribution in [-0.2, 0) is 6.54 Å². The minimum absolute atomic E-state index is 0.118. The van der Waals surface area contributed by atoms with E-state index in [0.717, 1.165) is 32.5 Å². The summed E-state index contributed by atoms with van der Waals surface area (Å²) in [7, 11) is 0. The number of urea groups is 1. The van der Waals surface area contributed by atoms with Crippen molar-refractivity contribution < 1.29 is 9.90 Å². The Hall–Kier alpha value is -1.59. The van der Waals surface area contributed by atoms with Gasteiger partial charge in [-0.25, -0.2) is 4.79 Å². The van der Waals surface area contributed by atoms with Gasteiger partial charge in [-0.05, 0) is 30.7 Å². The predicted octanol–water partition coefficient (Wildman–Crippen LogP) is 2.36. The molecule has 2 rings (SSSR count). The number of carbonyl (C=O) groups excluding carboxylic acids is 1. The second-order valence-electron chi connectivity index (χ2n) is 7.04. The number of hydrogen-bond acceptors (Lipinski definition) is 3. The fourth-order valence-electron chi connectivity index (χ4n) is 2.98. The number of aliphatic hydroxyl groups excluding tert-OH is 1. The van der Waals surface area contributed by atoms with Crippen LogP contribution in [0.15, 0.2) is 30.3 Å². The molecule has 1 heterocycles. The molecule has 1 aromatic rings. The van der Waals surface area contributed by atoms with Crippen LogP contribution in [0.4, 0.5) is 4.79 Å². The van der Waals surface area contributed by atoms with Crippen LogP contribution < -0.4 is 10.6 Å². The van der Waals surface area contributed by atoms with Crippen LogP contribution in [0.5, 0.6) is 0 Å². The van der Waals surface area contributed by atoms with Gasteiger partial charge in [-0.1, -0.05) is 44.2 Å². The molecule has 0 radical (unpaired) electrons. The molecular weight excluding hydrogens is 302 g/mol. The quantitative estimate of drug-likeness (QED) is 0.718. The van der Waals surface area contributed by atoms with Crippen LogP contribution in [0.2, 0.25) is 0 Å². The number of amides is 2. The number of nitrogens with one attached hydrogen (secondary N) is 2. The Labute approximate surface area is 145 Å². The summed E-state index contributed by atoms with van der Waals surface area (Å²) in [6.45, 7) is 7.46. The second-order valence-corrected chi connectivity index (χ2v) is 7.04. The molecule has 0 aliphatic carbocycles. The largest absolute Gasteiger partial charge is 0.393 e. The smallest absolute Gasteiger partial charge is 0.315 e. The Balaban J connectivity index is 1.61. The summed E-state index contributed by atoms with van der Waals surface area (Å²) in [5, 5.41) is 15.6. The summed E-state index contributed by atoms with van der Waals surface area (Å²) in [5.41, 5.74) is 1.34. The lowest BCUT2D eigenvalue weighted by molar-refractivity contribution is 0.116. The van der Waals surface area contributed by atoms with E-state index in [1.165, 1.54) is 5.56 Å². The maximum Gasteiger partial charge on any atom is 0.315 e. The number of likely N-dealkylation sites (tertiary alicyclic amines) is 1. The third-order valence-electron chi connectivity index (χ3n) is 4.67. The van der Waals surface area contributed by atoms with Gasteiger partial charge >= 0.3 is 6.03 Å². The van der Waals surface area contributed by atoms with Gasteiger partial charge in [0.1, 0.15) is 0 Å². The number of carbonyl (C=O) groups is 1. The molecule has 3 N–H and O–H groups in total. The van der Waals surface area contributed by atoms with Crippen molar-refractivity contribution in [3.05, 3.63) is 35.9 Å². The topological polar surface area (TPSA) is 64.6 Å². The zero-order valence-corrected chi connectivity index (χ0v) is 14.9. The van der Waals surface area contributed by atoms with Crippen molar-refractivity contribution in [2.24, 2.45) is 5.92 Å². The van der Waals surface area contributed by atoms with Gasteiger partial charge in [-0.15, -0.1) is 0 Å². The first kappa shape index (κ1) is 18.7. The Morgan fingerprint density at radius 1 is 1.25 bits per heavy atom. The van der Waals surface area contributed by atoms with Crippen molar-refractivity contribution in [3.8, 4) is 0 Å². The van der Waals surface area contributed by atoms with E-state index < -0.39 is 0 Å². The lowest BCUT2D eigenvalue weighted by Gasteiger charge is -2.32. The molecule has 0 saturated carbocycles. The lowest BCUT2D eigenvalue weighted by Crippen LogP contribution is -2.48. The first-order chi connectivity index (χ1) is 11.5. The minimum Gasteiger partial charge on any atom is -0.393 e. The van der Waals surface area contributed by atoms with Crippen molar-refractivity contribution in [2.75, 3.05) is 19.6 Å². The fraction of sp³-hybridized carbons (Fsp3) is 0.632. The molecule has 1 aliphatic rings. The number of aliphatic hydroxyl groups is 1. The molecule has 0 spiro atoms. The molecule has 1 unspecified atom stereocenters. The SMILES string of the molecule is CC(C)C(O)CCNC(=O)NC1CCN(Cc2ccccc2)CC1. The molecule has 0 bridgehead atoms. The highest BCUT2D eigenvalue weighted by molar-refractivity contribution is 5.74. The number of benzene rings is 1. The van der Waals surface area contributed by atoms with Crippen molar-refractivity contribution in [1.29, 1.82) is 0 Å². The molecule has 1 fully saturated rings. The highest BCUT2D eigenvalue weighted by Gasteiger charge is 2.20. The molecule has 1 aliphatic heterocycles. The molecule has 24 heavy (non-hydrogen) atoms. The van der Waals surface area contributed by atoms with E-state index in [9.17, 15) is 9.90 Å².